The predicted molar refractivity (Wildman–Crippen MR) is 118 cm³/mol. The molecule has 0 bridgehead atoms. The highest BCUT2D eigenvalue weighted by Gasteiger charge is 2.31. The minimum absolute atomic E-state index is 0. The number of piperazine rings is 1. The highest BCUT2D eigenvalue weighted by atomic mass is 35.5. The van der Waals surface area contributed by atoms with E-state index >= 15 is 0 Å². The Labute approximate surface area is 189 Å². The molecule has 4 rings (SSSR count). The van der Waals surface area contributed by atoms with Crippen LogP contribution in [-0.2, 0) is 9.53 Å². The van der Waals surface area contributed by atoms with Crippen LogP contribution in [0.25, 0.3) is 11.4 Å². The first kappa shape index (κ1) is 24.6. The van der Waals surface area contributed by atoms with Gasteiger partial charge in [0.25, 0.3) is 0 Å². The summed E-state index contributed by atoms with van der Waals surface area (Å²) in [6.45, 7) is 8.93. The molecule has 1 N–H and O–H groups in total. The van der Waals surface area contributed by atoms with Gasteiger partial charge in [-0.2, -0.15) is 4.98 Å². The molecule has 0 spiro atoms. The summed E-state index contributed by atoms with van der Waals surface area (Å²) in [6.07, 6.45) is 0. The highest BCUT2D eigenvalue weighted by molar-refractivity contribution is 5.85. The fraction of sp³-hybridized carbons (Fsp3) is 0.550. The average Bonchev–Trinajstić information content (AvgIpc) is 3.24. The van der Waals surface area contributed by atoms with Crippen LogP contribution in [0.4, 0.5) is 0 Å². The topological polar surface area (TPSA) is 83.7 Å². The molecule has 3 heterocycles. The van der Waals surface area contributed by atoms with Gasteiger partial charge in [0.15, 0.2) is 0 Å². The van der Waals surface area contributed by atoms with Gasteiger partial charge in [0.05, 0.1) is 19.3 Å². The molecule has 2 aliphatic heterocycles. The Kier molecular flexibility index (Phi) is 9.06. The number of hydrogen-bond donors (Lipinski definition) is 1. The largest absolute Gasteiger partial charge is 0.378 e. The predicted octanol–water partition coefficient (Wildman–Crippen LogP) is 2.08. The molecule has 0 radical (unpaired) electrons. The minimum atomic E-state index is -0.217. The van der Waals surface area contributed by atoms with Crippen molar-refractivity contribution in [3.63, 3.8) is 0 Å². The SMILES string of the molecule is Cc1ccc(-c2noc(C(C)N3CCN(C(=O)C4COCCN4)CC3)n2)cc1.Cl.Cl. The number of rotatable bonds is 4. The molecule has 1 aromatic heterocycles. The van der Waals surface area contributed by atoms with Gasteiger partial charge in [-0.1, -0.05) is 35.0 Å². The Morgan fingerprint density at radius 1 is 1.17 bits per heavy atom. The molecule has 1 aromatic carbocycles. The molecule has 2 unspecified atom stereocenters. The van der Waals surface area contributed by atoms with Crippen LogP contribution < -0.4 is 5.32 Å². The molecule has 0 saturated carbocycles. The number of carbonyl (C=O) groups is 1. The normalized spacial score (nSPS) is 20.7. The van der Waals surface area contributed by atoms with Gasteiger partial charge in [-0.05, 0) is 13.8 Å². The Morgan fingerprint density at radius 2 is 1.87 bits per heavy atom. The van der Waals surface area contributed by atoms with Gasteiger partial charge in [0, 0.05) is 38.3 Å². The number of ether oxygens (including phenoxy) is 1. The van der Waals surface area contributed by atoms with Crippen LogP contribution >= 0.6 is 24.8 Å². The fourth-order valence-electron chi connectivity index (χ4n) is 3.65. The summed E-state index contributed by atoms with van der Waals surface area (Å²) in [5, 5.41) is 7.37. The number of aryl methyl sites for hydroxylation is 1. The van der Waals surface area contributed by atoms with Crippen molar-refractivity contribution in [2.75, 3.05) is 45.9 Å². The Hall–Kier alpha value is -1.71. The number of nitrogens with one attached hydrogen (secondary N) is 1. The molecule has 2 aliphatic rings. The van der Waals surface area contributed by atoms with Gasteiger partial charge in [0.2, 0.25) is 17.6 Å². The van der Waals surface area contributed by atoms with Crippen molar-refractivity contribution in [3.05, 3.63) is 35.7 Å². The van der Waals surface area contributed by atoms with Crippen molar-refractivity contribution in [2.45, 2.75) is 25.9 Å². The maximum absolute atomic E-state index is 12.6. The number of hydrogen-bond acceptors (Lipinski definition) is 7. The number of halogens is 2. The lowest BCUT2D eigenvalue weighted by Gasteiger charge is -2.38. The molecular weight excluding hydrogens is 429 g/mol. The lowest BCUT2D eigenvalue weighted by molar-refractivity contribution is -0.138. The van der Waals surface area contributed by atoms with Gasteiger partial charge >= 0.3 is 0 Å². The Morgan fingerprint density at radius 3 is 2.50 bits per heavy atom. The highest BCUT2D eigenvalue weighted by Crippen LogP contribution is 2.24. The molecule has 2 saturated heterocycles. The van der Waals surface area contributed by atoms with E-state index in [0.717, 1.165) is 25.2 Å². The number of nitrogens with zero attached hydrogens (tertiary/aromatic N) is 4. The van der Waals surface area contributed by atoms with Crippen LogP contribution in [0, 0.1) is 6.92 Å². The van der Waals surface area contributed by atoms with Crippen molar-refractivity contribution >= 4 is 30.7 Å². The second kappa shape index (κ2) is 11.1. The van der Waals surface area contributed by atoms with Crippen LogP contribution in [0.1, 0.15) is 24.4 Å². The maximum atomic E-state index is 12.6. The molecule has 166 valence electrons. The molecule has 8 nitrogen and oxygen atoms in total. The molecule has 2 aromatic rings. The first-order chi connectivity index (χ1) is 13.6. The van der Waals surface area contributed by atoms with Gasteiger partial charge in [-0.25, -0.2) is 0 Å². The van der Waals surface area contributed by atoms with E-state index < -0.39 is 0 Å². The summed E-state index contributed by atoms with van der Waals surface area (Å²) in [5.41, 5.74) is 2.15. The molecule has 30 heavy (non-hydrogen) atoms. The van der Waals surface area contributed by atoms with E-state index in [1.165, 1.54) is 5.56 Å². The standard InChI is InChI=1S/C20H27N5O3.2ClH/c1-14-3-5-16(6-4-14)18-22-19(28-23-18)15(2)24-8-10-25(11-9-24)20(26)17-13-27-12-7-21-17;;/h3-6,15,17,21H,7-13H2,1-2H3;2*1H. The van der Waals surface area contributed by atoms with Crippen molar-refractivity contribution in [2.24, 2.45) is 0 Å². The third-order valence-electron chi connectivity index (χ3n) is 5.50. The second-order valence-electron chi connectivity index (χ2n) is 7.44. The zero-order valence-corrected chi connectivity index (χ0v) is 18.9. The zero-order valence-electron chi connectivity index (χ0n) is 17.2. The van der Waals surface area contributed by atoms with Crippen molar-refractivity contribution in [3.8, 4) is 11.4 Å². The minimum Gasteiger partial charge on any atom is -0.378 e. The van der Waals surface area contributed by atoms with Crippen LogP contribution in [-0.4, -0.2) is 77.8 Å². The lowest BCUT2D eigenvalue weighted by Crippen LogP contribution is -2.57. The Bertz CT molecular complexity index is 803. The molecule has 0 aliphatic carbocycles. The quantitative estimate of drug-likeness (QED) is 0.751. The van der Waals surface area contributed by atoms with E-state index in [4.69, 9.17) is 9.26 Å². The van der Waals surface area contributed by atoms with E-state index in [9.17, 15) is 4.79 Å². The number of benzene rings is 1. The van der Waals surface area contributed by atoms with E-state index in [-0.39, 0.29) is 42.8 Å². The van der Waals surface area contributed by atoms with Gasteiger partial charge in [-0.3, -0.25) is 9.69 Å². The number of morpholine rings is 1. The van der Waals surface area contributed by atoms with Crippen LogP contribution in [0.3, 0.4) is 0 Å². The van der Waals surface area contributed by atoms with E-state index in [1.54, 1.807) is 0 Å². The van der Waals surface area contributed by atoms with E-state index in [0.29, 0.717) is 38.0 Å². The molecule has 10 heteroatoms. The number of amides is 1. The van der Waals surface area contributed by atoms with Crippen LogP contribution in [0.2, 0.25) is 0 Å². The lowest BCUT2D eigenvalue weighted by atomic mass is 10.1. The van der Waals surface area contributed by atoms with Gasteiger partial charge < -0.3 is 19.5 Å². The molecule has 2 fully saturated rings. The smallest absolute Gasteiger partial charge is 0.244 e. The molecule has 1 amide bonds. The molecule has 2 atom stereocenters. The summed E-state index contributed by atoms with van der Waals surface area (Å²) in [7, 11) is 0. The second-order valence-corrected chi connectivity index (χ2v) is 7.44. The summed E-state index contributed by atoms with van der Waals surface area (Å²) < 4.78 is 10.9. The number of carbonyl (C=O) groups excluding carboxylic acids is 1. The van der Waals surface area contributed by atoms with Crippen molar-refractivity contribution < 1.29 is 14.1 Å². The van der Waals surface area contributed by atoms with E-state index in [2.05, 4.69) is 34.2 Å². The summed E-state index contributed by atoms with van der Waals surface area (Å²) in [4.78, 5) is 21.4. The van der Waals surface area contributed by atoms with Gasteiger partial charge in [-0.15, -0.1) is 24.8 Å². The van der Waals surface area contributed by atoms with E-state index in [1.807, 2.05) is 29.2 Å². The van der Waals surface area contributed by atoms with Crippen molar-refractivity contribution in [1.29, 1.82) is 0 Å². The van der Waals surface area contributed by atoms with Crippen molar-refractivity contribution in [1.82, 2.24) is 25.3 Å². The maximum Gasteiger partial charge on any atom is 0.244 e. The first-order valence-electron chi connectivity index (χ1n) is 9.86. The van der Waals surface area contributed by atoms with Gasteiger partial charge in [0.1, 0.15) is 6.04 Å². The third-order valence-corrected chi connectivity index (χ3v) is 5.50. The monoisotopic (exact) mass is 457 g/mol. The third kappa shape index (κ3) is 5.50. The summed E-state index contributed by atoms with van der Waals surface area (Å²) in [5.74, 6) is 1.35. The average molecular weight is 458 g/mol. The first-order valence-corrected chi connectivity index (χ1v) is 9.86. The number of aromatic nitrogens is 2. The van der Waals surface area contributed by atoms with Crippen LogP contribution in [0.15, 0.2) is 28.8 Å². The molecular formula is C20H29Cl2N5O3. The Balaban J connectivity index is 0.00000160. The summed E-state index contributed by atoms with van der Waals surface area (Å²) >= 11 is 0. The zero-order chi connectivity index (χ0) is 19.5. The summed E-state index contributed by atoms with van der Waals surface area (Å²) in [6, 6.07) is 7.88. The fourth-order valence-corrected chi connectivity index (χ4v) is 3.65. The van der Waals surface area contributed by atoms with Crippen LogP contribution in [0.5, 0.6) is 0 Å².